The van der Waals surface area contributed by atoms with Crippen molar-refractivity contribution in [3.63, 3.8) is 0 Å². The standard InChI is InChI=1S/C28H27N3O5/c1-17-14-23(24(32)16-36-28(34)21-10-11-25-20(15-21)12-13-35-25)18(2)30(17)26-19(3)29(4)31(27(26)33)22-8-6-5-7-9-22/h5-11,14-15H,12-13,16H2,1-4H3. The topological polar surface area (TPSA) is 84.5 Å². The highest BCUT2D eigenvalue weighted by molar-refractivity contribution is 6.00. The summed E-state index contributed by atoms with van der Waals surface area (Å²) in [4.78, 5) is 39.1. The summed E-state index contributed by atoms with van der Waals surface area (Å²) in [7, 11) is 1.83. The summed E-state index contributed by atoms with van der Waals surface area (Å²) in [5, 5.41) is 0. The summed E-state index contributed by atoms with van der Waals surface area (Å²) in [6, 6.07) is 16.3. The number of fused-ring (bicyclic) bond motifs is 1. The number of ketones is 1. The van der Waals surface area contributed by atoms with Crippen LogP contribution in [0, 0.1) is 20.8 Å². The number of benzene rings is 2. The molecule has 0 atom stereocenters. The lowest BCUT2D eigenvalue weighted by Gasteiger charge is -2.09. The number of aromatic nitrogens is 3. The molecule has 2 aromatic carbocycles. The summed E-state index contributed by atoms with van der Waals surface area (Å²) in [6.07, 6.45) is 0.742. The van der Waals surface area contributed by atoms with Crippen LogP contribution in [0.15, 0.2) is 59.4 Å². The Labute approximate surface area is 208 Å². The number of hydrogen-bond acceptors (Lipinski definition) is 5. The van der Waals surface area contributed by atoms with Gasteiger partial charge in [-0.05, 0) is 62.7 Å². The minimum absolute atomic E-state index is 0.186. The Morgan fingerprint density at radius 3 is 2.50 bits per heavy atom. The van der Waals surface area contributed by atoms with E-state index in [2.05, 4.69) is 0 Å². The first kappa shape index (κ1) is 23.4. The summed E-state index contributed by atoms with van der Waals surface area (Å²) in [6.45, 7) is 5.72. The van der Waals surface area contributed by atoms with E-state index in [1.165, 1.54) is 0 Å². The van der Waals surface area contributed by atoms with E-state index in [0.717, 1.165) is 34.8 Å². The lowest BCUT2D eigenvalue weighted by molar-refractivity contribution is 0.0474. The maximum absolute atomic E-state index is 13.5. The first-order valence-electron chi connectivity index (χ1n) is 11.8. The molecule has 8 nitrogen and oxygen atoms in total. The van der Waals surface area contributed by atoms with E-state index in [4.69, 9.17) is 9.47 Å². The number of ether oxygens (including phenoxy) is 2. The minimum Gasteiger partial charge on any atom is -0.493 e. The van der Waals surface area contributed by atoms with Gasteiger partial charge >= 0.3 is 5.97 Å². The minimum atomic E-state index is -0.559. The SMILES string of the molecule is Cc1cc(C(=O)COC(=O)c2ccc3c(c2)CCO3)c(C)n1-c1c(C)n(C)n(-c2ccccc2)c1=O. The molecule has 8 heteroatoms. The van der Waals surface area contributed by atoms with Gasteiger partial charge in [-0.25, -0.2) is 9.48 Å². The van der Waals surface area contributed by atoms with Gasteiger partial charge in [-0.15, -0.1) is 0 Å². The quantitative estimate of drug-likeness (QED) is 0.306. The zero-order valence-corrected chi connectivity index (χ0v) is 20.7. The van der Waals surface area contributed by atoms with Crippen molar-refractivity contribution in [3.8, 4) is 17.1 Å². The molecule has 0 amide bonds. The molecular weight excluding hydrogens is 458 g/mol. The molecule has 184 valence electrons. The van der Waals surface area contributed by atoms with Gasteiger partial charge in [0.15, 0.2) is 6.61 Å². The second-order valence-corrected chi connectivity index (χ2v) is 8.95. The van der Waals surface area contributed by atoms with Gasteiger partial charge < -0.3 is 14.0 Å². The molecule has 0 bridgehead atoms. The first-order valence-corrected chi connectivity index (χ1v) is 11.8. The maximum atomic E-state index is 13.5. The predicted octanol–water partition coefficient (Wildman–Crippen LogP) is 3.87. The number of esters is 1. The third kappa shape index (κ3) is 3.84. The number of carbonyl (C=O) groups is 2. The highest BCUT2D eigenvalue weighted by Crippen LogP contribution is 2.26. The molecule has 1 aliphatic rings. The second kappa shape index (κ2) is 9.03. The van der Waals surface area contributed by atoms with Gasteiger partial charge in [-0.2, -0.15) is 0 Å². The van der Waals surface area contributed by atoms with Crippen LogP contribution in [0.25, 0.3) is 11.4 Å². The Morgan fingerprint density at radius 2 is 1.75 bits per heavy atom. The summed E-state index contributed by atoms with van der Waals surface area (Å²) < 4.78 is 16.0. The number of Topliss-reactive ketones (excluding diaryl/α,β-unsaturated/α-hetero) is 1. The fraction of sp³-hybridized carbons (Fsp3) is 0.250. The normalized spacial score (nSPS) is 12.3. The highest BCUT2D eigenvalue weighted by Gasteiger charge is 2.24. The van der Waals surface area contributed by atoms with Crippen LogP contribution in [-0.2, 0) is 18.2 Å². The van der Waals surface area contributed by atoms with Crippen molar-refractivity contribution >= 4 is 11.8 Å². The number of aryl methyl sites for hydroxylation is 1. The molecule has 0 aliphatic carbocycles. The number of carbonyl (C=O) groups excluding carboxylic acids is 2. The van der Waals surface area contributed by atoms with Crippen LogP contribution in [-0.4, -0.2) is 38.9 Å². The molecule has 0 radical (unpaired) electrons. The molecule has 0 saturated carbocycles. The molecule has 1 aliphatic heterocycles. The third-order valence-electron chi connectivity index (χ3n) is 6.74. The van der Waals surface area contributed by atoms with Gasteiger partial charge in [-0.1, -0.05) is 18.2 Å². The van der Waals surface area contributed by atoms with Crippen LogP contribution in [0.3, 0.4) is 0 Å². The van der Waals surface area contributed by atoms with E-state index >= 15 is 0 Å². The van der Waals surface area contributed by atoms with E-state index in [0.29, 0.717) is 29.1 Å². The molecule has 0 N–H and O–H groups in total. The highest BCUT2D eigenvalue weighted by atomic mass is 16.5. The molecule has 36 heavy (non-hydrogen) atoms. The largest absolute Gasteiger partial charge is 0.493 e. The van der Waals surface area contributed by atoms with Crippen molar-refractivity contribution in [2.75, 3.05) is 13.2 Å². The second-order valence-electron chi connectivity index (χ2n) is 8.95. The average Bonchev–Trinajstić information content (AvgIpc) is 3.52. The summed E-state index contributed by atoms with van der Waals surface area (Å²) in [5.41, 5.74) is 4.93. The number of nitrogens with zero attached hydrogens (tertiary/aromatic N) is 3. The first-order chi connectivity index (χ1) is 17.3. The van der Waals surface area contributed by atoms with Gasteiger partial charge in [0.1, 0.15) is 11.4 Å². The fourth-order valence-corrected chi connectivity index (χ4v) is 4.81. The molecule has 0 saturated heterocycles. The molecule has 4 aromatic rings. The number of para-hydroxylation sites is 1. The molecule has 5 rings (SSSR count). The predicted molar refractivity (Wildman–Crippen MR) is 135 cm³/mol. The molecule has 0 spiro atoms. The Balaban J connectivity index is 1.41. The van der Waals surface area contributed by atoms with Gasteiger partial charge in [-0.3, -0.25) is 14.3 Å². The fourth-order valence-electron chi connectivity index (χ4n) is 4.81. The average molecular weight is 486 g/mol. The maximum Gasteiger partial charge on any atom is 0.338 e. The number of hydrogen-bond donors (Lipinski definition) is 0. The molecule has 0 unspecified atom stereocenters. The van der Waals surface area contributed by atoms with Crippen LogP contribution < -0.4 is 10.3 Å². The van der Waals surface area contributed by atoms with E-state index in [-0.39, 0.29) is 11.3 Å². The van der Waals surface area contributed by atoms with Crippen LogP contribution in [0.4, 0.5) is 0 Å². The third-order valence-corrected chi connectivity index (χ3v) is 6.74. The van der Waals surface area contributed by atoms with Gasteiger partial charge in [0.2, 0.25) is 5.78 Å². The zero-order chi connectivity index (χ0) is 25.6. The van der Waals surface area contributed by atoms with Crippen LogP contribution in [0.2, 0.25) is 0 Å². The Hall–Kier alpha value is -4.33. The molecule has 0 fully saturated rings. The van der Waals surface area contributed by atoms with E-state index in [9.17, 15) is 14.4 Å². The van der Waals surface area contributed by atoms with Gasteiger partial charge in [0, 0.05) is 30.4 Å². The van der Waals surface area contributed by atoms with E-state index in [1.54, 1.807) is 45.1 Å². The van der Waals surface area contributed by atoms with Crippen LogP contribution >= 0.6 is 0 Å². The molecule has 3 heterocycles. The van der Waals surface area contributed by atoms with E-state index in [1.807, 2.05) is 51.2 Å². The van der Waals surface area contributed by atoms with Crippen molar-refractivity contribution in [3.05, 3.63) is 98.7 Å². The van der Waals surface area contributed by atoms with Crippen molar-refractivity contribution in [2.45, 2.75) is 27.2 Å². The summed E-state index contributed by atoms with van der Waals surface area (Å²) in [5.74, 6) is -0.113. The molecule has 2 aromatic heterocycles. The molecular formula is C28H27N3O5. The van der Waals surface area contributed by atoms with E-state index < -0.39 is 12.6 Å². The smallest absolute Gasteiger partial charge is 0.338 e. The number of rotatable bonds is 6. The van der Waals surface area contributed by atoms with Crippen molar-refractivity contribution in [1.82, 2.24) is 13.9 Å². The van der Waals surface area contributed by atoms with Crippen LogP contribution in [0.1, 0.15) is 43.4 Å². The van der Waals surface area contributed by atoms with Crippen molar-refractivity contribution in [2.24, 2.45) is 7.05 Å². The monoisotopic (exact) mass is 485 g/mol. The van der Waals surface area contributed by atoms with Crippen LogP contribution in [0.5, 0.6) is 5.75 Å². The zero-order valence-electron chi connectivity index (χ0n) is 20.7. The summed E-state index contributed by atoms with van der Waals surface area (Å²) >= 11 is 0. The van der Waals surface area contributed by atoms with Crippen molar-refractivity contribution < 1.29 is 19.1 Å². The lowest BCUT2D eigenvalue weighted by Crippen LogP contribution is -2.22. The Morgan fingerprint density at radius 1 is 1.00 bits per heavy atom. The van der Waals surface area contributed by atoms with Crippen molar-refractivity contribution in [1.29, 1.82) is 0 Å². The van der Waals surface area contributed by atoms with Gasteiger partial charge in [0.25, 0.3) is 5.56 Å². The Bertz CT molecular complexity index is 1560. The lowest BCUT2D eigenvalue weighted by atomic mass is 10.1. The van der Waals surface area contributed by atoms with Gasteiger partial charge in [0.05, 0.1) is 23.6 Å². The Kier molecular flexibility index (Phi) is 5.88.